The lowest BCUT2D eigenvalue weighted by Crippen LogP contribution is -2.21. The molecule has 0 aliphatic carbocycles. The molecule has 0 unspecified atom stereocenters. The second-order valence-corrected chi connectivity index (χ2v) is 8.37. The highest BCUT2D eigenvalue weighted by molar-refractivity contribution is 6.31. The van der Waals surface area contributed by atoms with Gasteiger partial charge in [-0.15, -0.1) is 0 Å². The Morgan fingerprint density at radius 2 is 1.72 bits per heavy atom. The van der Waals surface area contributed by atoms with Crippen molar-refractivity contribution in [1.82, 2.24) is 14.8 Å². The molecule has 6 nitrogen and oxygen atoms in total. The minimum Gasteiger partial charge on any atom is -0.467 e. The van der Waals surface area contributed by atoms with Crippen LogP contribution < -0.4 is 10.1 Å². The van der Waals surface area contributed by atoms with E-state index in [-0.39, 0.29) is 12.5 Å². The molecule has 0 radical (unpaired) electrons. The van der Waals surface area contributed by atoms with Crippen LogP contribution in [-0.4, -0.2) is 27.3 Å². The summed E-state index contributed by atoms with van der Waals surface area (Å²) < 4.78 is 7.55. The summed E-state index contributed by atoms with van der Waals surface area (Å²) in [4.78, 5) is 17.2. The number of nitrogens with zero attached hydrogens (tertiary/aromatic N) is 3. The number of hydrogen-bond acceptors (Lipinski definition) is 4. The van der Waals surface area contributed by atoms with E-state index in [9.17, 15) is 4.79 Å². The first kappa shape index (κ1) is 21.8. The van der Waals surface area contributed by atoms with Crippen LogP contribution in [0.3, 0.4) is 0 Å². The zero-order valence-electron chi connectivity index (χ0n) is 18.8. The molecular formula is C25H25ClN4O2. The molecule has 0 aliphatic rings. The first-order valence-corrected chi connectivity index (χ1v) is 10.8. The lowest BCUT2D eigenvalue weighted by molar-refractivity contribution is -0.118. The quantitative estimate of drug-likeness (QED) is 0.429. The maximum Gasteiger partial charge on any atom is 0.262 e. The SMILES string of the molecule is Cc1cccc(C)c1NC(=O)COc1cc(C)c2c(C)nn(-c3cccc(Cl)c3C)c2n1. The Hall–Kier alpha value is -3.38. The number of aryl methyl sites for hydroxylation is 4. The zero-order valence-corrected chi connectivity index (χ0v) is 19.5. The first-order valence-electron chi connectivity index (χ1n) is 10.4. The van der Waals surface area contributed by atoms with Crippen molar-refractivity contribution in [2.24, 2.45) is 0 Å². The van der Waals surface area contributed by atoms with Gasteiger partial charge in [-0.05, 0) is 69.0 Å². The Kier molecular flexibility index (Phi) is 5.89. The van der Waals surface area contributed by atoms with Crippen molar-refractivity contribution in [1.29, 1.82) is 0 Å². The Bertz CT molecular complexity index is 1320. The number of hydrogen-bond donors (Lipinski definition) is 1. The number of anilines is 1. The van der Waals surface area contributed by atoms with Crippen molar-refractivity contribution in [3.8, 4) is 11.6 Å². The Morgan fingerprint density at radius 1 is 1.03 bits per heavy atom. The number of aromatic nitrogens is 3. The number of carbonyl (C=O) groups excluding carboxylic acids is 1. The van der Waals surface area contributed by atoms with Gasteiger partial charge in [-0.25, -0.2) is 4.68 Å². The molecule has 1 N–H and O–H groups in total. The van der Waals surface area contributed by atoms with Gasteiger partial charge in [0.05, 0.1) is 11.4 Å². The smallest absolute Gasteiger partial charge is 0.262 e. The molecule has 0 saturated carbocycles. The number of ether oxygens (including phenoxy) is 1. The summed E-state index contributed by atoms with van der Waals surface area (Å²) in [5.74, 6) is 0.129. The van der Waals surface area contributed by atoms with E-state index < -0.39 is 0 Å². The van der Waals surface area contributed by atoms with Gasteiger partial charge in [0, 0.05) is 22.2 Å². The van der Waals surface area contributed by atoms with Gasteiger partial charge in [0.1, 0.15) is 0 Å². The zero-order chi connectivity index (χ0) is 23.0. The van der Waals surface area contributed by atoms with E-state index in [1.807, 2.05) is 77.1 Å². The molecule has 0 aliphatic heterocycles. The highest BCUT2D eigenvalue weighted by Crippen LogP contribution is 2.29. The van der Waals surface area contributed by atoms with E-state index in [1.54, 1.807) is 4.68 Å². The number of amides is 1. The van der Waals surface area contributed by atoms with Gasteiger partial charge in [-0.1, -0.05) is 35.9 Å². The van der Waals surface area contributed by atoms with Gasteiger partial charge in [0.2, 0.25) is 5.88 Å². The summed E-state index contributed by atoms with van der Waals surface area (Å²) >= 11 is 6.33. The molecule has 164 valence electrons. The molecule has 4 aromatic rings. The molecule has 2 aromatic carbocycles. The number of halogens is 1. The van der Waals surface area contributed by atoms with Crippen LogP contribution in [-0.2, 0) is 4.79 Å². The summed E-state index contributed by atoms with van der Waals surface area (Å²) in [5, 5.41) is 9.25. The second kappa shape index (κ2) is 8.63. The van der Waals surface area contributed by atoms with E-state index >= 15 is 0 Å². The van der Waals surface area contributed by atoms with E-state index in [4.69, 9.17) is 21.4 Å². The molecular weight excluding hydrogens is 424 g/mol. The van der Waals surface area contributed by atoms with E-state index in [0.29, 0.717) is 16.5 Å². The predicted octanol–water partition coefficient (Wildman–Crippen LogP) is 5.63. The highest BCUT2D eigenvalue weighted by atomic mass is 35.5. The fraction of sp³-hybridized carbons (Fsp3) is 0.240. The van der Waals surface area contributed by atoms with Gasteiger partial charge >= 0.3 is 0 Å². The summed E-state index contributed by atoms with van der Waals surface area (Å²) in [6, 6.07) is 13.4. The van der Waals surface area contributed by atoms with Crippen molar-refractivity contribution in [3.05, 3.63) is 75.4 Å². The fourth-order valence-corrected chi connectivity index (χ4v) is 4.04. The average molecular weight is 449 g/mol. The van der Waals surface area contributed by atoms with Gasteiger partial charge in [-0.3, -0.25) is 4.79 Å². The maximum atomic E-state index is 12.5. The first-order chi connectivity index (χ1) is 15.3. The second-order valence-electron chi connectivity index (χ2n) is 7.96. The molecule has 0 bridgehead atoms. The van der Waals surface area contributed by atoms with Crippen molar-refractivity contribution in [2.75, 3.05) is 11.9 Å². The third-order valence-corrected chi connectivity index (χ3v) is 5.96. The van der Waals surface area contributed by atoms with Gasteiger partial charge < -0.3 is 10.1 Å². The van der Waals surface area contributed by atoms with Crippen molar-refractivity contribution in [3.63, 3.8) is 0 Å². The van der Waals surface area contributed by atoms with Crippen molar-refractivity contribution < 1.29 is 9.53 Å². The normalized spacial score (nSPS) is 11.1. The summed E-state index contributed by atoms with van der Waals surface area (Å²) in [5.41, 5.74) is 7.09. The average Bonchev–Trinajstić information content (AvgIpc) is 3.08. The van der Waals surface area contributed by atoms with Crippen LogP contribution >= 0.6 is 11.6 Å². The molecule has 4 rings (SSSR count). The van der Waals surface area contributed by atoms with Crippen LogP contribution in [0.15, 0.2) is 42.5 Å². The van der Waals surface area contributed by atoms with E-state index in [2.05, 4.69) is 10.3 Å². The molecule has 0 saturated heterocycles. The number of nitrogens with one attached hydrogen (secondary N) is 1. The topological polar surface area (TPSA) is 69.0 Å². The highest BCUT2D eigenvalue weighted by Gasteiger charge is 2.17. The monoisotopic (exact) mass is 448 g/mol. The molecule has 7 heteroatoms. The summed E-state index contributed by atoms with van der Waals surface area (Å²) in [6.07, 6.45) is 0. The molecule has 2 aromatic heterocycles. The molecule has 0 atom stereocenters. The fourth-order valence-electron chi connectivity index (χ4n) is 3.87. The van der Waals surface area contributed by atoms with Crippen LogP contribution in [0.1, 0.15) is 27.9 Å². The van der Waals surface area contributed by atoms with Gasteiger partial charge in [0.25, 0.3) is 5.91 Å². The molecule has 32 heavy (non-hydrogen) atoms. The number of fused-ring (bicyclic) bond motifs is 1. The standard InChI is InChI=1S/C25H25ClN4O2/c1-14-8-6-9-15(2)24(14)27-21(31)13-32-22-12-16(3)23-18(5)29-30(25(23)28-22)20-11-7-10-19(26)17(20)4/h6-12H,13H2,1-5H3,(H,27,31). The van der Waals surface area contributed by atoms with Crippen LogP contribution in [0.4, 0.5) is 5.69 Å². The van der Waals surface area contributed by atoms with Crippen LogP contribution in [0.25, 0.3) is 16.7 Å². The number of para-hydroxylation sites is 1. The van der Waals surface area contributed by atoms with Gasteiger partial charge in [-0.2, -0.15) is 10.1 Å². The predicted molar refractivity (Wildman–Crippen MR) is 128 cm³/mol. The summed E-state index contributed by atoms with van der Waals surface area (Å²) in [7, 11) is 0. The Balaban J connectivity index is 1.63. The lowest BCUT2D eigenvalue weighted by atomic mass is 10.1. The van der Waals surface area contributed by atoms with Crippen molar-refractivity contribution >= 4 is 34.2 Å². The largest absolute Gasteiger partial charge is 0.467 e. The minimum atomic E-state index is -0.239. The van der Waals surface area contributed by atoms with Crippen LogP contribution in [0.5, 0.6) is 5.88 Å². The maximum absolute atomic E-state index is 12.5. The Morgan fingerprint density at radius 3 is 2.44 bits per heavy atom. The van der Waals surface area contributed by atoms with Crippen molar-refractivity contribution in [2.45, 2.75) is 34.6 Å². The third kappa shape index (κ3) is 4.06. The number of pyridine rings is 1. The number of carbonyl (C=O) groups is 1. The number of rotatable bonds is 5. The molecule has 1 amide bonds. The minimum absolute atomic E-state index is 0.144. The molecule has 2 heterocycles. The number of benzene rings is 2. The lowest BCUT2D eigenvalue weighted by Gasteiger charge is -2.12. The van der Waals surface area contributed by atoms with Gasteiger partial charge in [0.15, 0.2) is 12.3 Å². The molecule has 0 fully saturated rings. The van der Waals surface area contributed by atoms with E-state index in [0.717, 1.165) is 44.7 Å². The van der Waals surface area contributed by atoms with Crippen LogP contribution in [0, 0.1) is 34.6 Å². The Labute approximate surface area is 192 Å². The molecule has 0 spiro atoms. The summed E-state index contributed by atoms with van der Waals surface area (Å²) in [6.45, 7) is 9.66. The van der Waals surface area contributed by atoms with E-state index in [1.165, 1.54) is 0 Å². The third-order valence-electron chi connectivity index (χ3n) is 5.55. The van der Waals surface area contributed by atoms with Crippen LogP contribution in [0.2, 0.25) is 5.02 Å².